The van der Waals surface area contributed by atoms with Crippen LogP contribution in [0.3, 0.4) is 0 Å². The molecule has 1 heterocycles. The van der Waals surface area contributed by atoms with Crippen LogP contribution in [0.2, 0.25) is 0 Å². The van der Waals surface area contributed by atoms with Gasteiger partial charge in [-0.2, -0.15) is 4.98 Å². The molecule has 0 radical (unpaired) electrons. The first-order valence-electron chi connectivity index (χ1n) is 5.98. The molecule has 2 aromatic rings. The molecule has 19 heavy (non-hydrogen) atoms. The minimum absolute atomic E-state index is 0.191. The highest BCUT2D eigenvalue weighted by molar-refractivity contribution is 9.10. The Labute approximate surface area is 120 Å². The molecular formula is C13H15BrN4O. The van der Waals surface area contributed by atoms with E-state index in [1.165, 1.54) is 0 Å². The first-order chi connectivity index (χ1) is 9.01. The average molecular weight is 323 g/mol. The van der Waals surface area contributed by atoms with E-state index in [2.05, 4.69) is 31.3 Å². The summed E-state index contributed by atoms with van der Waals surface area (Å²) < 4.78 is 2.50. The number of halogens is 1. The Balaban J connectivity index is 2.27. The van der Waals surface area contributed by atoms with Gasteiger partial charge >= 0.3 is 0 Å². The van der Waals surface area contributed by atoms with Gasteiger partial charge in [-0.25, -0.2) is 0 Å². The molecule has 0 spiro atoms. The maximum atomic E-state index is 12.2. The van der Waals surface area contributed by atoms with E-state index in [0.717, 1.165) is 22.3 Å². The van der Waals surface area contributed by atoms with E-state index in [0.29, 0.717) is 11.5 Å². The Morgan fingerprint density at radius 3 is 2.79 bits per heavy atom. The summed E-state index contributed by atoms with van der Waals surface area (Å²) in [5, 5.41) is 6.83. The zero-order valence-electron chi connectivity index (χ0n) is 11.1. The van der Waals surface area contributed by atoms with Crippen molar-refractivity contribution in [1.29, 1.82) is 0 Å². The van der Waals surface area contributed by atoms with Crippen molar-refractivity contribution < 1.29 is 4.79 Å². The molecule has 0 saturated carbocycles. The number of carbonyl (C=O) groups is 1. The van der Waals surface area contributed by atoms with E-state index in [-0.39, 0.29) is 5.91 Å². The number of benzene rings is 1. The zero-order valence-corrected chi connectivity index (χ0v) is 12.7. The minimum atomic E-state index is -0.191. The Bertz CT molecular complexity index is 602. The van der Waals surface area contributed by atoms with Crippen molar-refractivity contribution in [1.82, 2.24) is 14.8 Å². The van der Waals surface area contributed by atoms with Crippen molar-refractivity contribution in [2.75, 3.05) is 5.32 Å². The summed E-state index contributed by atoms with van der Waals surface area (Å²) in [6.07, 6.45) is 0.796. The van der Waals surface area contributed by atoms with Gasteiger partial charge in [-0.1, -0.05) is 28.9 Å². The van der Waals surface area contributed by atoms with Crippen LogP contribution in [0.25, 0.3) is 0 Å². The highest BCUT2D eigenvalue weighted by Crippen LogP contribution is 2.18. The number of aryl methyl sites for hydroxylation is 3. The Kier molecular flexibility index (Phi) is 3.99. The SMILES string of the molecule is CCc1ccc(Br)cc1C(=O)Nc1nc(C)n(C)n1. The quantitative estimate of drug-likeness (QED) is 0.945. The molecule has 5 nitrogen and oxygen atoms in total. The van der Waals surface area contributed by atoms with Crippen LogP contribution in [-0.2, 0) is 13.5 Å². The molecule has 0 saturated heterocycles. The maximum absolute atomic E-state index is 12.2. The molecule has 0 fully saturated rings. The predicted octanol–water partition coefficient (Wildman–Crippen LogP) is 2.70. The van der Waals surface area contributed by atoms with E-state index < -0.39 is 0 Å². The molecule has 2 rings (SSSR count). The number of rotatable bonds is 3. The summed E-state index contributed by atoms with van der Waals surface area (Å²) >= 11 is 3.38. The smallest absolute Gasteiger partial charge is 0.258 e. The maximum Gasteiger partial charge on any atom is 0.258 e. The van der Waals surface area contributed by atoms with Crippen LogP contribution >= 0.6 is 15.9 Å². The van der Waals surface area contributed by atoms with Gasteiger partial charge in [0.25, 0.3) is 5.91 Å². The fourth-order valence-electron chi connectivity index (χ4n) is 1.75. The minimum Gasteiger partial charge on any atom is -0.289 e. The molecule has 0 atom stereocenters. The van der Waals surface area contributed by atoms with E-state index in [1.807, 2.05) is 32.0 Å². The van der Waals surface area contributed by atoms with Crippen molar-refractivity contribution in [3.63, 3.8) is 0 Å². The standard InChI is InChI=1S/C13H15BrN4O/c1-4-9-5-6-10(14)7-11(9)12(19)16-13-15-8(2)18(3)17-13/h5-7H,4H2,1-3H3,(H,16,17,19). The number of amides is 1. The molecule has 1 amide bonds. The van der Waals surface area contributed by atoms with Gasteiger partial charge in [0.1, 0.15) is 5.82 Å². The zero-order chi connectivity index (χ0) is 14.0. The lowest BCUT2D eigenvalue weighted by Crippen LogP contribution is -2.15. The van der Waals surface area contributed by atoms with Gasteiger partial charge in [-0.15, -0.1) is 5.10 Å². The predicted molar refractivity (Wildman–Crippen MR) is 77.2 cm³/mol. The van der Waals surface area contributed by atoms with Gasteiger partial charge in [0.15, 0.2) is 0 Å². The van der Waals surface area contributed by atoms with Gasteiger partial charge in [0.2, 0.25) is 5.95 Å². The van der Waals surface area contributed by atoms with Gasteiger partial charge in [-0.05, 0) is 31.0 Å². The van der Waals surface area contributed by atoms with Crippen LogP contribution in [0.5, 0.6) is 0 Å². The fourth-order valence-corrected chi connectivity index (χ4v) is 2.11. The molecule has 0 aliphatic heterocycles. The molecule has 0 aliphatic carbocycles. The second-order valence-corrected chi connectivity index (χ2v) is 5.13. The van der Waals surface area contributed by atoms with Crippen LogP contribution in [0.1, 0.15) is 28.7 Å². The van der Waals surface area contributed by atoms with Crippen molar-refractivity contribution in [2.24, 2.45) is 7.05 Å². The molecule has 0 bridgehead atoms. The summed E-state index contributed by atoms with van der Waals surface area (Å²) in [5.74, 6) is 0.885. The number of nitrogens with zero attached hydrogens (tertiary/aromatic N) is 3. The normalized spacial score (nSPS) is 10.5. The van der Waals surface area contributed by atoms with Crippen molar-refractivity contribution in [3.8, 4) is 0 Å². The first kappa shape index (κ1) is 13.7. The number of hydrogen-bond donors (Lipinski definition) is 1. The number of nitrogens with one attached hydrogen (secondary N) is 1. The van der Waals surface area contributed by atoms with E-state index >= 15 is 0 Å². The highest BCUT2D eigenvalue weighted by atomic mass is 79.9. The van der Waals surface area contributed by atoms with E-state index in [4.69, 9.17) is 0 Å². The Hall–Kier alpha value is -1.69. The van der Waals surface area contributed by atoms with Crippen LogP contribution in [0.15, 0.2) is 22.7 Å². The van der Waals surface area contributed by atoms with E-state index in [9.17, 15) is 4.79 Å². The largest absolute Gasteiger partial charge is 0.289 e. The van der Waals surface area contributed by atoms with Crippen molar-refractivity contribution in [2.45, 2.75) is 20.3 Å². The van der Waals surface area contributed by atoms with Crippen LogP contribution < -0.4 is 5.32 Å². The number of aromatic nitrogens is 3. The van der Waals surface area contributed by atoms with E-state index in [1.54, 1.807) is 11.7 Å². The second-order valence-electron chi connectivity index (χ2n) is 4.22. The lowest BCUT2D eigenvalue weighted by Gasteiger charge is -2.07. The molecule has 100 valence electrons. The first-order valence-corrected chi connectivity index (χ1v) is 6.78. The van der Waals surface area contributed by atoms with Gasteiger partial charge in [-0.3, -0.25) is 14.8 Å². The van der Waals surface area contributed by atoms with Gasteiger partial charge < -0.3 is 0 Å². The van der Waals surface area contributed by atoms with Crippen LogP contribution in [0.4, 0.5) is 5.95 Å². The monoisotopic (exact) mass is 322 g/mol. The van der Waals surface area contributed by atoms with Crippen LogP contribution in [0, 0.1) is 6.92 Å². The third kappa shape index (κ3) is 3.01. The van der Waals surface area contributed by atoms with Gasteiger partial charge in [0.05, 0.1) is 0 Å². The molecule has 6 heteroatoms. The summed E-state index contributed by atoms with van der Waals surface area (Å²) in [7, 11) is 1.79. The molecular weight excluding hydrogens is 308 g/mol. The molecule has 1 aromatic heterocycles. The summed E-state index contributed by atoms with van der Waals surface area (Å²) in [5.41, 5.74) is 1.63. The molecule has 0 aliphatic rings. The number of carbonyl (C=O) groups excluding carboxylic acids is 1. The van der Waals surface area contributed by atoms with Crippen LogP contribution in [-0.4, -0.2) is 20.7 Å². The fraction of sp³-hybridized carbons (Fsp3) is 0.308. The third-order valence-electron chi connectivity index (χ3n) is 2.90. The molecule has 1 N–H and O–H groups in total. The van der Waals surface area contributed by atoms with Crippen molar-refractivity contribution in [3.05, 3.63) is 39.6 Å². The topological polar surface area (TPSA) is 59.8 Å². The van der Waals surface area contributed by atoms with Gasteiger partial charge in [0, 0.05) is 17.1 Å². The lowest BCUT2D eigenvalue weighted by molar-refractivity contribution is 0.102. The highest BCUT2D eigenvalue weighted by Gasteiger charge is 2.13. The summed E-state index contributed by atoms with van der Waals surface area (Å²) in [4.78, 5) is 16.4. The number of hydrogen-bond acceptors (Lipinski definition) is 3. The molecule has 0 unspecified atom stereocenters. The average Bonchev–Trinajstić information content (AvgIpc) is 2.68. The second kappa shape index (κ2) is 5.52. The lowest BCUT2D eigenvalue weighted by atomic mass is 10.1. The van der Waals surface area contributed by atoms with Crippen molar-refractivity contribution >= 4 is 27.8 Å². The Morgan fingerprint density at radius 1 is 1.47 bits per heavy atom. The third-order valence-corrected chi connectivity index (χ3v) is 3.40. The molecule has 1 aromatic carbocycles. The Morgan fingerprint density at radius 2 is 2.21 bits per heavy atom. The summed E-state index contributed by atoms with van der Waals surface area (Å²) in [6.45, 7) is 3.85. The number of anilines is 1. The summed E-state index contributed by atoms with van der Waals surface area (Å²) in [6, 6.07) is 5.68.